The Bertz CT molecular complexity index is 773. The molecule has 0 fully saturated rings. The molecule has 0 amide bonds. The predicted octanol–water partition coefficient (Wildman–Crippen LogP) is 2.90. The molecule has 0 saturated carbocycles. The second kappa shape index (κ2) is 3.82. The molecular weight excluding hydrogens is 236 g/mol. The normalized spacial score (nSPS) is 13.5. The number of imidazole rings is 1. The Morgan fingerprint density at radius 2 is 2.05 bits per heavy atom. The summed E-state index contributed by atoms with van der Waals surface area (Å²) in [6, 6.07) is 10.5. The van der Waals surface area contributed by atoms with Crippen molar-refractivity contribution in [2.75, 3.05) is 11.9 Å². The van der Waals surface area contributed by atoms with E-state index in [1.54, 1.807) is 0 Å². The lowest BCUT2D eigenvalue weighted by atomic mass is 10.1. The van der Waals surface area contributed by atoms with Crippen molar-refractivity contribution < 1.29 is 0 Å². The van der Waals surface area contributed by atoms with Gasteiger partial charge in [0.1, 0.15) is 5.82 Å². The lowest BCUT2D eigenvalue weighted by molar-refractivity contribution is 1.11. The number of hydrogen-bond acceptors (Lipinski definition) is 3. The van der Waals surface area contributed by atoms with Crippen molar-refractivity contribution in [1.82, 2.24) is 15.0 Å². The first-order valence-electron chi connectivity index (χ1n) is 6.50. The van der Waals surface area contributed by atoms with E-state index in [2.05, 4.69) is 38.5 Å². The lowest BCUT2D eigenvalue weighted by Gasteiger charge is -2.02. The van der Waals surface area contributed by atoms with Gasteiger partial charge in [-0.05, 0) is 37.1 Å². The molecule has 94 valence electrons. The molecule has 1 aliphatic rings. The van der Waals surface area contributed by atoms with Crippen LogP contribution in [0.15, 0.2) is 30.3 Å². The number of benzene rings is 1. The number of nitrogens with zero attached hydrogens (tertiary/aromatic N) is 2. The average molecular weight is 250 g/mol. The van der Waals surface area contributed by atoms with Gasteiger partial charge in [-0.1, -0.05) is 12.1 Å². The molecule has 2 aromatic heterocycles. The number of anilines is 1. The van der Waals surface area contributed by atoms with Gasteiger partial charge in [0.15, 0.2) is 5.65 Å². The van der Waals surface area contributed by atoms with E-state index < -0.39 is 0 Å². The van der Waals surface area contributed by atoms with Crippen molar-refractivity contribution in [2.24, 2.45) is 0 Å². The molecule has 0 unspecified atom stereocenters. The maximum atomic E-state index is 4.57. The van der Waals surface area contributed by atoms with Gasteiger partial charge in [-0.15, -0.1) is 0 Å². The van der Waals surface area contributed by atoms with Gasteiger partial charge in [-0.3, -0.25) is 0 Å². The van der Waals surface area contributed by atoms with Crippen LogP contribution >= 0.6 is 0 Å². The van der Waals surface area contributed by atoms with Crippen LogP contribution in [0, 0.1) is 6.92 Å². The summed E-state index contributed by atoms with van der Waals surface area (Å²) in [5, 5.41) is 3.40. The molecule has 4 rings (SSSR count). The van der Waals surface area contributed by atoms with Crippen LogP contribution in [0.3, 0.4) is 0 Å². The molecule has 3 heterocycles. The van der Waals surface area contributed by atoms with Crippen LogP contribution < -0.4 is 5.32 Å². The summed E-state index contributed by atoms with van der Waals surface area (Å²) in [5.41, 5.74) is 6.46. The number of aromatic nitrogens is 3. The van der Waals surface area contributed by atoms with Crippen molar-refractivity contribution in [3.05, 3.63) is 41.6 Å². The third-order valence-corrected chi connectivity index (χ3v) is 3.58. The zero-order valence-corrected chi connectivity index (χ0v) is 10.7. The van der Waals surface area contributed by atoms with Crippen molar-refractivity contribution in [3.8, 4) is 11.4 Å². The smallest absolute Gasteiger partial charge is 0.178 e. The number of aryl methyl sites for hydroxylation is 1. The fraction of sp³-hybridized carbons (Fsp3) is 0.200. The molecule has 0 aliphatic carbocycles. The SMILES string of the molecule is Cc1ccc2[nH]c(-c3ccc4c(c3)NCC4)nc2n1. The molecule has 2 N–H and O–H groups in total. The number of H-pyrrole nitrogens is 1. The van der Waals surface area contributed by atoms with E-state index in [0.717, 1.165) is 41.2 Å². The van der Waals surface area contributed by atoms with E-state index in [9.17, 15) is 0 Å². The van der Waals surface area contributed by atoms with Gasteiger partial charge in [0.25, 0.3) is 0 Å². The van der Waals surface area contributed by atoms with Gasteiger partial charge in [0.05, 0.1) is 5.52 Å². The van der Waals surface area contributed by atoms with Gasteiger partial charge in [-0.25, -0.2) is 9.97 Å². The van der Waals surface area contributed by atoms with E-state index in [1.165, 1.54) is 11.3 Å². The zero-order chi connectivity index (χ0) is 12.8. The van der Waals surface area contributed by atoms with Gasteiger partial charge in [0, 0.05) is 23.5 Å². The largest absolute Gasteiger partial charge is 0.384 e. The molecule has 0 saturated heterocycles. The molecule has 0 spiro atoms. The summed E-state index contributed by atoms with van der Waals surface area (Å²) in [6.07, 6.45) is 1.11. The summed E-state index contributed by atoms with van der Waals surface area (Å²) in [4.78, 5) is 12.3. The van der Waals surface area contributed by atoms with Crippen molar-refractivity contribution in [1.29, 1.82) is 0 Å². The molecule has 0 atom stereocenters. The Kier molecular flexibility index (Phi) is 2.12. The number of aromatic amines is 1. The summed E-state index contributed by atoms with van der Waals surface area (Å²) >= 11 is 0. The van der Waals surface area contributed by atoms with Crippen molar-refractivity contribution >= 4 is 16.9 Å². The fourth-order valence-electron chi connectivity index (χ4n) is 2.56. The number of hydrogen-bond donors (Lipinski definition) is 2. The third kappa shape index (κ3) is 1.68. The Labute approximate surface area is 110 Å². The van der Waals surface area contributed by atoms with Gasteiger partial charge in [-0.2, -0.15) is 0 Å². The molecule has 3 aromatic rings. The summed E-state index contributed by atoms with van der Waals surface area (Å²) in [6.45, 7) is 3.01. The summed E-state index contributed by atoms with van der Waals surface area (Å²) < 4.78 is 0. The van der Waals surface area contributed by atoms with E-state index in [0.29, 0.717) is 0 Å². The van der Waals surface area contributed by atoms with E-state index in [4.69, 9.17) is 0 Å². The topological polar surface area (TPSA) is 53.6 Å². The summed E-state index contributed by atoms with van der Waals surface area (Å²) in [7, 11) is 0. The van der Waals surface area contributed by atoms with Gasteiger partial charge >= 0.3 is 0 Å². The van der Waals surface area contributed by atoms with Gasteiger partial charge < -0.3 is 10.3 Å². The van der Waals surface area contributed by atoms with Crippen LogP contribution in [-0.4, -0.2) is 21.5 Å². The van der Waals surface area contributed by atoms with Crippen LogP contribution in [0.25, 0.3) is 22.6 Å². The van der Waals surface area contributed by atoms with E-state index >= 15 is 0 Å². The van der Waals surface area contributed by atoms with Crippen LogP contribution in [0.1, 0.15) is 11.3 Å². The number of pyridine rings is 1. The fourth-order valence-corrected chi connectivity index (χ4v) is 2.56. The standard InChI is InChI=1S/C15H14N4/c1-9-2-5-12-15(17-9)19-14(18-12)11-4-3-10-6-7-16-13(10)8-11/h2-5,8,16H,6-7H2,1H3,(H,17,18,19). The minimum absolute atomic E-state index is 0.781. The Balaban J connectivity index is 1.85. The van der Waals surface area contributed by atoms with Crippen LogP contribution in [0.4, 0.5) is 5.69 Å². The minimum atomic E-state index is 0.781. The Morgan fingerprint density at radius 1 is 1.11 bits per heavy atom. The number of fused-ring (bicyclic) bond motifs is 2. The first-order valence-corrected chi connectivity index (χ1v) is 6.50. The third-order valence-electron chi connectivity index (χ3n) is 3.58. The molecule has 0 radical (unpaired) electrons. The van der Waals surface area contributed by atoms with E-state index in [-0.39, 0.29) is 0 Å². The van der Waals surface area contributed by atoms with Crippen molar-refractivity contribution in [2.45, 2.75) is 13.3 Å². The molecule has 19 heavy (non-hydrogen) atoms. The van der Waals surface area contributed by atoms with Crippen molar-refractivity contribution in [3.63, 3.8) is 0 Å². The Morgan fingerprint density at radius 3 is 3.00 bits per heavy atom. The molecule has 0 bridgehead atoms. The van der Waals surface area contributed by atoms with E-state index in [1.807, 2.05) is 19.1 Å². The molecule has 4 heteroatoms. The second-order valence-electron chi connectivity index (χ2n) is 4.96. The highest BCUT2D eigenvalue weighted by atomic mass is 15.0. The quantitative estimate of drug-likeness (QED) is 0.698. The predicted molar refractivity (Wildman–Crippen MR) is 76.3 cm³/mol. The zero-order valence-electron chi connectivity index (χ0n) is 10.7. The van der Waals surface area contributed by atoms with Crippen LogP contribution in [0.5, 0.6) is 0 Å². The average Bonchev–Trinajstić information content (AvgIpc) is 3.02. The minimum Gasteiger partial charge on any atom is -0.384 e. The number of rotatable bonds is 1. The maximum absolute atomic E-state index is 4.57. The second-order valence-corrected chi connectivity index (χ2v) is 4.96. The van der Waals surface area contributed by atoms with Crippen LogP contribution in [-0.2, 0) is 6.42 Å². The maximum Gasteiger partial charge on any atom is 0.178 e. The highest BCUT2D eigenvalue weighted by Crippen LogP contribution is 2.28. The van der Waals surface area contributed by atoms with Gasteiger partial charge in [0.2, 0.25) is 0 Å². The molecule has 1 aromatic carbocycles. The monoisotopic (exact) mass is 250 g/mol. The lowest BCUT2D eigenvalue weighted by Crippen LogP contribution is -1.91. The first-order chi connectivity index (χ1) is 9.29. The number of nitrogens with one attached hydrogen (secondary N) is 2. The molecule has 4 nitrogen and oxygen atoms in total. The van der Waals surface area contributed by atoms with Crippen LogP contribution in [0.2, 0.25) is 0 Å². The first kappa shape index (κ1) is 10.6. The highest BCUT2D eigenvalue weighted by molar-refractivity contribution is 5.77. The summed E-state index contributed by atoms with van der Waals surface area (Å²) in [5.74, 6) is 0.879. The highest BCUT2D eigenvalue weighted by Gasteiger charge is 2.12. The molecule has 1 aliphatic heterocycles. The molecular formula is C15H14N4. The Hall–Kier alpha value is -2.36.